The van der Waals surface area contributed by atoms with Crippen molar-refractivity contribution >= 4 is 29.6 Å². The van der Waals surface area contributed by atoms with Gasteiger partial charge >= 0.3 is 0 Å². The number of halogens is 1. The van der Waals surface area contributed by atoms with Gasteiger partial charge in [0.05, 0.1) is 30.2 Å². The van der Waals surface area contributed by atoms with Gasteiger partial charge in [-0.2, -0.15) is 10.1 Å². The standard InChI is InChI=1S/C25H23ClN2O4/c1-14-4-3-5-15(8-14)13-32-23-19(26)9-16(10-20(23)31-2)12-27-28-24(29)21-17-6-7-18(11-17)22(21)25(28)30/h3-10,12,17-18,21-22H,11,13H2,1-2H3/t17-,18-,21-,22+/m0/s1. The van der Waals surface area contributed by atoms with Crippen molar-refractivity contribution in [3.05, 3.63) is 70.3 Å². The highest BCUT2D eigenvalue weighted by molar-refractivity contribution is 6.32. The first-order chi connectivity index (χ1) is 15.5. The van der Waals surface area contributed by atoms with Crippen LogP contribution in [0.1, 0.15) is 23.1 Å². The molecule has 1 heterocycles. The van der Waals surface area contributed by atoms with Crippen molar-refractivity contribution in [3.8, 4) is 11.5 Å². The summed E-state index contributed by atoms with van der Waals surface area (Å²) in [7, 11) is 1.53. The van der Waals surface area contributed by atoms with E-state index < -0.39 is 0 Å². The van der Waals surface area contributed by atoms with E-state index in [2.05, 4.69) is 17.3 Å². The van der Waals surface area contributed by atoms with Crippen molar-refractivity contribution in [2.24, 2.45) is 28.8 Å². The van der Waals surface area contributed by atoms with Crippen LogP contribution in [0.15, 0.2) is 53.7 Å². The molecule has 0 radical (unpaired) electrons. The summed E-state index contributed by atoms with van der Waals surface area (Å²) in [6.07, 6.45) is 6.47. The van der Waals surface area contributed by atoms with Gasteiger partial charge < -0.3 is 9.47 Å². The number of hydrazone groups is 1. The topological polar surface area (TPSA) is 68.2 Å². The molecule has 2 amide bonds. The fourth-order valence-electron chi connectivity index (χ4n) is 5.04. The van der Waals surface area contributed by atoms with Gasteiger partial charge in [-0.15, -0.1) is 0 Å². The summed E-state index contributed by atoms with van der Waals surface area (Å²) in [5.41, 5.74) is 2.77. The Bertz CT molecular complexity index is 1130. The van der Waals surface area contributed by atoms with Gasteiger partial charge in [-0.3, -0.25) is 9.59 Å². The Morgan fingerprint density at radius 1 is 1.12 bits per heavy atom. The Morgan fingerprint density at radius 3 is 2.50 bits per heavy atom. The van der Waals surface area contributed by atoms with Crippen LogP contribution >= 0.6 is 11.6 Å². The van der Waals surface area contributed by atoms with Crippen LogP contribution in [0.3, 0.4) is 0 Å². The quantitative estimate of drug-likeness (QED) is 0.372. The molecule has 164 valence electrons. The number of nitrogens with zero attached hydrogens (tertiary/aromatic N) is 2. The van der Waals surface area contributed by atoms with E-state index in [0.29, 0.717) is 28.7 Å². The highest BCUT2D eigenvalue weighted by Crippen LogP contribution is 2.52. The number of allylic oxidation sites excluding steroid dienone is 2. The zero-order chi connectivity index (χ0) is 22.4. The molecule has 3 aliphatic rings. The second kappa shape index (κ2) is 8.10. The van der Waals surface area contributed by atoms with Gasteiger partial charge in [0.25, 0.3) is 11.8 Å². The largest absolute Gasteiger partial charge is 0.493 e. The normalized spacial score (nSPS) is 25.8. The van der Waals surface area contributed by atoms with Crippen LogP contribution in [-0.2, 0) is 16.2 Å². The number of fused-ring (bicyclic) bond motifs is 5. The van der Waals surface area contributed by atoms with Crippen molar-refractivity contribution in [3.63, 3.8) is 0 Å². The van der Waals surface area contributed by atoms with Crippen LogP contribution < -0.4 is 9.47 Å². The monoisotopic (exact) mass is 450 g/mol. The third-order valence-electron chi connectivity index (χ3n) is 6.49. The first-order valence-electron chi connectivity index (χ1n) is 10.6. The molecule has 2 bridgehead atoms. The molecular formula is C25H23ClN2O4. The molecule has 0 aromatic heterocycles. The zero-order valence-corrected chi connectivity index (χ0v) is 18.6. The van der Waals surface area contributed by atoms with Crippen LogP contribution in [-0.4, -0.2) is 30.1 Å². The Kier molecular flexibility index (Phi) is 5.25. The number of benzene rings is 2. The average Bonchev–Trinajstić information content (AvgIpc) is 3.45. The summed E-state index contributed by atoms with van der Waals surface area (Å²) in [6, 6.07) is 11.4. The molecule has 1 saturated carbocycles. The second-order valence-corrected chi connectivity index (χ2v) is 8.95. The number of methoxy groups -OCH3 is 1. The van der Waals surface area contributed by atoms with E-state index in [9.17, 15) is 9.59 Å². The molecule has 0 spiro atoms. The predicted molar refractivity (Wildman–Crippen MR) is 121 cm³/mol. The smallest absolute Gasteiger partial charge is 0.254 e. The van der Waals surface area contributed by atoms with E-state index in [1.54, 1.807) is 12.1 Å². The second-order valence-electron chi connectivity index (χ2n) is 8.54. The van der Waals surface area contributed by atoms with Crippen LogP contribution in [0.4, 0.5) is 0 Å². The van der Waals surface area contributed by atoms with Crippen LogP contribution in [0.5, 0.6) is 11.5 Å². The first kappa shape index (κ1) is 20.8. The zero-order valence-electron chi connectivity index (χ0n) is 17.8. The van der Waals surface area contributed by atoms with Crippen LogP contribution in [0.25, 0.3) is 0 Å². The van der Waals surface area contributed by atoms with Crippen LogP contribution in [0.2, 0.25) is 5.02 Å². The first-order valence-corrected chi connectivity index (χ1v) is 11.0. The number of carbonyl (C=O) groups excluding carboxylic acids is 2. The van der Waals surface area contributed by atoms with E-state index in [1.807, 2.05) is 31.2 Å². The number of imide groups is 1. The molecule has 2 fully saturated rings. The van der Waals surface area contributed by atoms with Gasteiger partial charge in [0, 0.05) is 0 Å². The Balaban J connectivity index is 1.33. The molecule has 32 heavy (non-hydrogen) atoms. The fraction of sp³-hybridized carbons (Fsp3) is 0.320. The molecular weight excluding hydrogens is 428 g/mol. The van der Waals surface area contributed by atoms with Crippen LogP contribution in [0, 0.1) is 30.6 Å². The third-order valence-corrected chi connectivity index (χ3v) is 6.77. The Hall–Kier alpha value is -3.12. The van der Waals surface area contributed by atoms with Crippen molar-refractivity contribution in [2.75, 3.05) is 7.11 Å². The molecule has 5 rings (SSSR count). The predicted octanol–water partition coefficient (Wildman–Crippen LogP) is 4.38. The van der Waals surface area contributed by atoms with Crippen molar-refractivity contribution in [1.82, 2.24) is 5.01 Å². The molecule has 0 N–H and O–H groups in total. The van der Waals surface area contributed by atoms with Gasteiger partial charge in [-0.1, -0.05) is 53.6 Å². The van der Waals surface area contributed by atoms with Gasteiger partial charge in [0.2, 0.25) is 0 Å². The summed E-state index contributed by atoms with van der Waals surface area (Å²) in [5.74, 6) is 0.203. The maximum atomic E-state index is 12.8. The maximum absolute atomic E-state index is 12.8. The van der Waals surface area contributed by atoms with Gasteiger partial charge in [-0.05, 0) is 48.4 Å². The molecule has 1 aliphatic heterocycles. The lowest BCUT2D eigenvalue weighted by Crippen LogP contribution is -2.28. The number of ether oxygens (including phenoxy) is 2. The van der Waals surface area contributed by atoms with E-state index in [0.717, 1.165) is 22.6 Å². The molecule has 7 heteroatoms. The molecule has 2 aromatic carbocycles. The summed E-state index contributed by atoms with van der Waals surface area (Å²) in [4.78, 5) is 25.6. The molecule has 2 aliphatic carbocycles. The summed E-state index contributed by atoms with van der Waals surface area (Å²) in [6.45, 7) is 2.37. The lowest BCUT2D eigenvalue weighted by molar-refractivity contribution is -0.140. The Morgan fingerprint density at radius 2 is 1.84 bits per heavy atom. The summed E-state index contributed by atoms with van der Waals surface area (Å²) in [5, 5.41) is 5.59. The number of hydrogen-bond donors (Lipinski definition) is 0. The lowest BCUT2D eigenvalue weighted by atomic mass is 9.85. The average molecular weight is 451 g/mol. The molecule has 6 nitrogen and oxygen atoms in total. The van der Waals surface area contributed by atoms with Gasteiger partial charge in [-0.25, -0.2) is 0 Å². The number of rotatable bonds is 6. The van der Waals surface area contributed by atoms with E-state index in [4.69, 9.17) is 21.1 Å². The fourth-order valence-corrected chi connectivity index (χ4v) is 5.31. The number of hydrogen-bond acceptors (Lipinski definition) is 5. The summed E-state index contributed by atoms with van der Waals surface area (Å²) < 4.78 is 11.4. The molecule has 4 atom stereocenters. The van der Waals surface area contributed by atoms with Gasteiger partial charge in [0.15, 0.2) is 11.5 Å². The number of aryl methyl sites for hydroxylation is 1. The lowest BCUT2D eigenvalue weighted by Gasteiger charge is -2.14. The van der Waals surface area contributed by atoms with Crippen molar-refractivity contribution in [2.45, 2.75) is 20.0 Å². The number of carbonyl (C=O) groups is 2. The minimum Gasteiger partial charge on any atom is -0.493 e. The maximum Gasteiger partial charge on any atom is 0.254 e. The number of amides is 2. The van der Waals surface area contributed by atoms with E-state index >= 15 is 0 Å². The molecule has 1 saturated heterocycles. The molecule has 2 aromatic rings. The summed E-state index contributed by atoms with van der Waals surface area (Å²) >= 11 is 6.47. The van der Waals surface area contributed by atoms with Crippen molar-refractivity contribution in [1.29, 1.82) is 0 Å². The molecule has 0 unspecified atom stereocenters. The minimum atomic E-state index is -0.273. The Labute approximate surface area is 191 Å². The highest BCUT2D eigenvalue weighted by atomic mass is 35.5. The van der Waals surface area contributed by atoms with E-state index in [1.165, 1.54) is 13.3 Å². The van der Waals surface area contributed by atoms with E-state index in [-0.39, 0.29) is 35.5 Å². The highest BCUT2D eigenvalue weighted by Gasteiger charge is 2.59. The van der Waals surface area contributed by atoms with Crippen molar-refractivity contribution < 1.29 is 19.1 Å². The minimum absolute atomic E-state index is 0.154. The third kappa shape index (κ3) is 3.48. The SMILES string of the molecule is COc1cc(C=NN2C(=O)[C@@H]3[C@H](C2=O)[C@H]2C=C[C@H]3C2)cc(Cl)c1OCc1cccc(C)c1. The van der Waals surface area contributed by atoms with Gasteiger partial charge in [0.1, 0.15) is 6.61 Å².